The molecule has 0 radical (unpaired) electrons. The van der Waals surface area contributed by atoms with E-state index in [-0.39, 0.29) is 17.4 Å². The summed E-state index contributed by atoms with van der Waals surface area (Å²) < 4.78 is 12.1. The summed E-state index contributed by atoms with van der Waals surface area (Å²) in [6, 6.07) is 3.99. The number of hydrogen-bond acceptors (Lipinski definition) is 5. The number of aryl methyl sites for hydroxylation is 1. The second-order valence-corrected chi connectivity index (χ2v) is 8.97. The molecule has 0 fully saturated rings. The maximum atomic E-state index is 12.3. The zero-order valence-corrected chi connectivity index (χ0v) is 18.0. The van der Waals surface area contributed by atoms with Crippen molar-refractivity contribution in [2.24, 2.45) is 5.92 Å². The van der Waals surface area contributed by atoms with E-state index >= 15 is 0 Å². The average Bonchev–Trinajstić information content (AvgIpc) is 2.66. The van der Waals surface area contributed by atoms with Crippen LogP contribution in [0.4, 0.5) is 0 Å². The highest BCUT2D eigenvalue weighted by atomic mass is 16.6. The first-order valence-corrected chi connectivity index (χ1v) is 10.8. The van der Waals surface area contributed by atoms with Crippen LogP contribution in [0, 0.1) is 5.92 Å². The Labute approximate surface area is 173 Å². The van der Waals surface area contributed by atoms with Gasteiger partial charge in [-0.2, -0.15) is 0 Å². The summed E-state index contributed by atoms with van der Waals surface area (Å²) in [5.74, 6) is 0.754. The van der Waals surface area contributed by atoms with E-state index < -0.39 is 18.7 Å². The van der Waals surface area contributed by atoms with Crippen LogP contribution in [0.5, 0.6) is 11.5 Å². The minimum atomic E-state index is -1.55. The van der Waals surface area contributed by atoms with E-state index in [9.17, 15) is 9.90 Å². The van der Waals surface area contributed by atoms with Crippen molar-refractivity contribution in [3.05, 3.63) is 34.9 Å². The maximum Gasteiger partial charge on any atom is 0.342 e. The molecule has 5 nitrogen and oxygen atoms in total. The van der Waals surface area contributed by atoms with Crippen molar-refractivity contribution in [3.63, 3.8) is 0 Å². The van der Waals surface area contributed by atoms with E-state index in [4.69, 9.17) is 14.6 Å². The lowest BCUT2D eigenvalue weighted by molar-refractivity contribution is -0.145. The number of benzene rings is 1. The Hall–Kier alpha value is -1.85. The van der Waals surface area contributed by atoms with E-state index in [2.05, 4.69) is 39.8 Å². The Morgan fingerprint density at radius 3 is 2.79 bits per heavy atom. The fraction of sp³-hybridized carbons (Fsp3) is 0.625. The molecule has 0 aromatic heterocycles. The lowest BCUT2D eigenvalue weighted by Gasteiger charge is -2.46. The number of aliphatic hydroxyl groups excluding tert-OH is 2. The van der Waals surface area contributed by atoms with E-state index in [0.29, 0.717) is 5.75 Å². The number of carbonyl (C=O) groups is 1. The zero-order valence-electron chi connectivity index (χ0n) is 18.0. The average molecular weight is 403 g/mol. The number of ether oxygens (including phenoxy) is 2. The molecule has 1 aliphatic heterocycles. The first-order chi connectivity index (χ1) is 13.8. The number of allylic oxidation sites excluding steroid dienone is 2. The Bertz CT molecular complexity index is 780. The molecule has 1 aliphatic carbocycles. The molecule has 0 saturated carbocycles. The van der Waals surface area contributed by atoms with Gasteiger partial charge in [-0.1, -0.05) is 31.4 Å². The van der Waals surface area contributed by atoms with Crippen LogP contribution in [-0.4, -0.2) is 34.5 Å². The van der Waals surface area contributed by atoms with Gasteiger partial charge in [0, 0.05) is 17.4 Å². The molecule has 1 aromatic rings. The van der Waals surface area contributed by atoms with Crippen molar-refractivity contribution in [2.45, 2.75) is 83.8 Å². The number of carbonyl (C=O) groups excluding carboxylic acids is 1. The summed E-state index contributed by atoms with van der Waals surface area (Å²) in [5.41, 5.74) is 2.95. The number of esters is 1. The van der Waals surface area contributed by atoms with Crippen LogP contribution in [0.1, 0.15) is 76.8 Å². The molecule has 3 atom stereocenters. The van der Waals surface area contributed by atoms with Crippen molar-refractivity contribution >= 4 is 5.97 Å². The van der Waals surface area contributed by atoms with E-state index in [1.165, 1.54) is 5.57 Å². The van der Waals surface area contributed by atoms with Crippen LogP contribution in [0.25, 0.3) is 0 Å². The van der Waals surface area contributed by atoms with Gasteiger partial charge in [-0.15, -0.1) is 0 Å². The molecular formula is C24H34O5. The molecule has 0 amide bonds. The predicted molar refractivity (Wildman–Crippen MR) is 112 cm³/mol. The molecule has 0 bridgehead atoms. The molecule has 2 N–H and O–H groups in total. The minimum Gasteiger partial charge on any atom is -0.487 e. The molecule has 160 valence electrons. The van der Waals surface area contributed by atoms with Crippen molar-refractivity contribution < 1.29 is 24.5 Å². The quantitative estimate of drug-likeness (QED) is 0.308. The first kappa shape index (κ1) is 21.8. The number of rotatable bonds is 7. The van der Waals surface area contributed by atoms with Crippen molar-refractivity contribution in [3.8, 4) is 11.5 Å². The summed E-state index contributed by atoms with van der Waals surface area (Å²) in [4.78, 5) is 12.3. The number of unbranched alkanes of at least 4 members (excludes halogenated alkanes) is 2. The number of aliphatic hydroxyl groups is 2. The van der Waals surface area contributed by atoms with Crippen LogP contribution in [0.2, 0.25) is 0 Å². The SMILES string of the molecule is CCCCCc1cc(OC(=O)[C@@H](O)CO)c2c(c1)OC(C)(C)C1CCC(C)=CC21. The van der Waals surface area contributed by atoms with Gasteiger partial charge in [0.15, 0.2) is 6.10 Å². The van der Waals surface area contributed by atoms with Crippen molar-refractivity contribution in [1.29, 1.82) is 0 Å². The third-order valence-corrected chi connectivity index (χ3v) is 6.24. The van der Waals surface area contributed by atoms with Crippen LogP contribution < -0.4 is 9.47 Å². The summed E-state index contributed by atoms with van der Waals surface area (Å²) >= 11 is 0. The van der Waals surface area contributed by atoms with Crippen molar-refractivity contribution in [1.82, 2.24) is 0 Å². The van der Waals surface area contributed by atoms with Gasteiger partial charge in [0.05, 0.1) is 6.61 Å². The monoisotopic (exact) mass is 402 g/mol. The first-order valence-electron chi connectivity index (χ1n) is 10.8. The van der Waals surface area contributed by atoms with E-state index in [1.54, 1.807) is 0 Å². The predicted octanol–water partition coefficient (Wildman–Crippen LogP) is 4.29. The van der Waals surface area contributed by atoms with Crippen LogP contribution in [0.3, 0.4) is 0 Å². The van der Waals surface area contributed by atoms with Crippen LogP contribution in [0.15, 0.2) is 23.8 Å². The van der Waals surface area contributed by atoms with Gasteiger partial charge in [0.2, 0.25) is 0 Å². The van der Waals surface area contributed by atoms with Gasteiger partial charge >= 0.3 is 5.97 Å². The second kappa shape index (κ2) is 8.88. The van der Waals surface area contributed by atoms with E-state index in [1.807, 2.05) is 6.07 Å². The zero-order chi connectivity index (χ0) is 21.2. The minimum absolute atomic E-state index is 0.0984. The summed E-state index contributed by atoms with van der Waals surface area (Å²) in [7, 11) is 0. The fourth-order valence-corrected chi connectivity index (χ4v) is 4.62. The molecule has 1 aromatic carbocycles. The highest BCUT2D eigenvalue weighted by Gasteiger charge is 2.45. The molecule has 5 heteroatoms. The molecule has 29 heavy (non-hydrogen) atoms. The highest BCUT2D eigenvalue weighted by Crippen LogP contribution is 2.53. The number of fused-ring (bicyclic) bond motifs is 3. The molecule has 1 heterocycles. The summed E-state index contributed by atoms with van der Waals surface area (Å²) in [6.07, 6.45) is 6.97. The van der Waals surface area contributed by atoms with Gasteiger partial charge in [0.1, 0.15) is 17.1 Å². The lowest BCUT2D eigenvalue weighted by Crippen LogP contribution is -2.45. The van der Waals surface area contributed by atoms with Crippen molar-refractivity contribution in [2.75, 3.05) is 6.61 Å². The Morgan fingerprint density at radius 2 is 2.10 bits per heavy atom. The third-order valence-electron chi connectivity index (χ3n) is 6.24. The Balaban J connectivity index is 2.06. The van der Waals surface area contributed by atoms with Crippen LogP contribution >= 0.6 is 0 Å². The topological polar surface area (TPSA) is 76.0 Å². The van der Waals surface area contributed by atoms with Gasteiger partial charge in [0.25, 0.3) is 0 Å². The molecule has 0 spiro atoms. The Morgan fingerprint density at radius 1 is 1.34 bits per heavy atom. The molecule has 0 saturated heterocycles. The second-order valence-electron chi connectivity index (χ2n) is 8.97. The van der Waals surface area contributed by atoms with Gasteiger partial charge in [-0.3, -0.25) is 0 Å². The fourth-order valence-electron chi connectivity index (χ4n) is 4.62. The Kier molecular flexibility index (Phi) is 6.69. The van der Waals surface area contributed by atoms with Crippen LogP contribution in [-0.2, 0) is 11.2 Å². The maximum absolute atomic E-state index is 12.3. The molecule has 3 rings (SSSR count). The van der Waals surface area contributed by atoms with Gasteiger partial charge < -0.3 is 19.7 Å². The summed E-state index contributed by atoms with van der Waals surface area (Å²) in [5, 5.41) is 18.8. The molecule has 2 unspecified atom stereocenters. The number of hydrogen-bond donors (Lipinski definition) is 2. The van der Waals surface area contributed by atoms with Gasteiger partial charge in [-0.05, 0) is 64.2 Å². The third kappa shape index (κ3) is 4.67. The smallest absolute Gasteiger partial charge is 0.342 e. The summed E-state index contributed by atoms with van der Waals surface area (Å²) in [6.45, 7) is 7.91. The highest BCUT2D eigenvalue weighted by molar-refractivity contribution is 5.78. The standard InChI is InChI=1S/C24H34O5/c1-5-6-7-8-16-12-20(28-23(27)19(26)14-25)22-17-11-15(2)9-10-18(17)24(3,4)29-21(22)13-16/h11-13,17-19,25-26H,5-10,14H2,1-4H3/t17?,18?,19-/m0/s1. The molecule has 2 aliphatic rings. The van der Waals surface area contributed by atoms with Gasteiger partial charge in [-0.25, -0.2) is 4.79 Å². The van der Waals surface area contributed by atoms with E-state index in [0.717, 1.165) is 55.4 Å². The molecular weight excluding hydrogens is 368 g/mol. The normalized spacial score (nSPS) is 23.3. The largest absolute Gasteiger partial charge is 0.487 e. The lowest BCUT2D eigenvalue weighted by atomic mass is 9.68.